The van der Waals surface area contributed by atoms with Crippen LogP contribution in [0.5, 0.6) is 0 Å². The van der Waals surface area contributed by atoms with Crippen molar-refractivity contribution in [1.82, 2.24) is 15.0 Å². The van der Waals surface area contributed by atoms with Crippen molar-refractivity contribution in [3.63, 3.8) is 0 Å². The number of hydrogen-bond acceptors (Lipinski definition) is 3. The van der Waals surface area contributed by atoms with Crippen LogP contribution in [0.25, 0.3) is 34.4 Å². The SMILES string of the molecule is C=Cc1cccc(-c2nc(C(C)=CC=CC)nc(-c3ccccc3)n2)c1C. The second-order valence-corrected chi connectivity index (χ2v) is 6.27. The quantitative estimate of drug-likeness (QED) is 0.517. The third-order valence-corrected chi connectivity index (χ3v) is 4.40. The van der Waals surface area contributed by atoms with E-state index in [1.54, 1.807) is 0 Å². The fourth-order valence-electron chi connectivity index (χ4n) is 2.82. The molecule has 0 radical (unpaired) electrons. The summed E-state index contributed by atoms with van der Waals surface area (Å²) in [6, 6.07) is 16.1. The molecule has 0 unspecified atom stereocenters. The van der Waals surface area contributed by atoms with Gasteiger partial charge >= 0.3 is 0 Å². The molecule has 0 saturated heterocycles. The standard InChI is InChI=1S/C24H23N3/c1-5-7-12-17(3)22-25-23(20-13-9-8-10-14-20)27-24(26-22)21-16-11-15-19(6-2)18(21)4/h5-16H,2H2,1,3-4H3. The van der Waals surface area contributed by atoms with Gasteiger partial charge in [-0.05, 0) is 37.5 Å². The second-order valence-electron chi connectivity index (χ2n) is 6.27. The summed E-state index contributed by atoms with van der Waals surface area (Å²) in [4.78, 5) is 14.2. The maximum absolute atomic E-state index is 4.77. The first kappa shape index (κ1) is 18.5. The zero-order valence-corrected chi connectivity index (χ0v) is 16.0. The van der Waals surface area contributed by atoms with Crippen LogP contribution in [0.3, 0.4) is 0 Å². The third kappa shape index (κ3) is 4.09. The van der Waals surface area contributed by atoms with Crippen molar-refractivity contribution in [2.75, 3.05) is 0 Å². The van der Waals surface area contributed by atoms with Gasteiger partial charge in [0.05, 0.1) is 0 Å². The molecule has 3 nitrogen and oxygen atoms in total. The molecule has 2 aromatic carbocycles. The van der Waals surface area contributed by atoms with Gasteiger partial charge in [-0.2, -0.15) is 0 Å². The number of aromatic nitrogens is 3. The highest BCUT2D eigenvalue weighted by atomic mass is 15.0. The number of rotatable bonds is 5. The van der Waals surface area contributed by atoms with Crippen molar-refractivity contribution < 1.29 is 0 Å². The Morgan fingerprint density at radius 1 is 0.926 bits per heavy atom. The van der Waals surface area contributed by atoms with E-state index in [9.17, 15) is 0 Å². The van der Waals surface area contributed by atoms with Gasteiger partial charge in [-0.1, -0.05) is 79.4 Å². The minimum Gasteiger partial charge on any atom is -0.209 e. The summed E-state index contributed by atoms with van der Waals surface area (Å²) in [6.07, 6.45) is 7.85. The van der Waals surface area contributed by atoms with Gasteiger partial charge in [-0.3, -0.25) is 0 Å². The van der Waals surface area contributed by atoms with E-state index in [1.165, 1.54) is 0 Å². The van der Waals surface area contributed by atoms with E-state index >= 15 is 0 Å². The summed E-state index contributed by atoms with van der Waals surface area (Å²) in [5, 5.41) is 0. The van der Waals surface area contributed by atoms with Crippen LogP contribution in [-0.2, 0) is 0 Å². The molecule has 134 valence electrons. The maximum Gasteiger partial charge on any atom is 0.164 e. The Hall–Kier alpha value is -3.33. The maximum atomic E-state index is 4.77. The lowest BCUT2D eigenvalue weighted by Gasteiger charge is -2.11. The number of nitrogens with zero attached hydrogens (tertiary/aromatic N) is 3. The van der Waals surface area contributed by atoms with Crippen molar-refractivity contribution in [1.29, 1.82) is 0 Å². The first-order valence-electron chi connectivity index (χ1n) is 8.98. The van der Waals surface area contributed by atoms with E-state index in [0.717, 1.165) is 27.8 Å². The summed E-state index contributed by atoms with van der Waals surface area (Å²) in [5.74, 6) is 2.03. The summed E-state index contributed by atoms with van der Waals surface area (Å²) < 4.78 is 0. The Bertz CT molecular complexity index is 1020. The minimum atomic E-state index is 0.673. The van der Waals surface area contributed by atoms with E-state index in [-0.39, 0.29) is 0 Å². The summed E-state index contributed by atoms with van der Waals surface area (Å²) in [7, 11) is 0. The molecule has 0 N–H and O–H groups in total. The van der Waals surface area contributed by atoms with E-state index in [1.807, 2.05) is 86.7 Å². The Morgan fingerprint density at radius 3 is 2.37 bits per heavy atom. The topological polar surface area (TPSA) is 38.7 Å². The molecule has 0 atom stereocenters. The smallest absolute Gasteiger partial charge is 0.164 e. The van der Waals surface area contributed by atoms with Crippen molar-refractivity contribution in [2.45, 2.75) is 20.8 Å². The second kappa shape index (κ2) is 8.37. The van der Waals surface area contributed by atoms with Crippen molar-refractivity contribution >= 4 is 11.6 Å². The van der Waals surface area contributed by atoms with E-state index in [2.05, 4.69) is 13.5 Å². The monoisotopic (exact) mass is 353 g/mol. The van der Waals surface area contributed by atoms with Crippen molar-refractivity contribution in [3.8, 4) is 22.8 Å². The average molecular weight is 353 g/mol. The zero-order valence-electron chi connectivity index (χ0n) is 16.0. The number of allylic oxidation sites excluding steroid dienone is 4. The fraction of sp³-hybridized carbons (Fsp3) is 0.125. The molecule has 0 amide bonds. The van der Waals surface area contributed by atoms with Gasteiger partial charge in [0.15, 0.2) is 17.5 Å². The Kier molecular flexibility index (Phi) is 5.72. The third-order valence-electron chi connectivity index (χ3n) is 4.40. The van der Waals surface area contributed by atoms with Crippen molar-refractivity contribution in [2.24, 2.45) is 0 Å². The van der Waals surface area contributed by atoms with E-state index in [0.29, 0.717) is 17.5 Å². The molecule has 3 aromatic rings. The zero-order chi connectivity index (χ0) is 19.2. The largest absolute Gasteiger partial charge is 0.209 e. The Labute approximate surface area is 160 Å². The molecule has 0 spiro atoms. The molecule has 3 heteroatoms. The molecular weight excluding hydrogens is 330 g/mol. The predicted octanol–water partition coefficient (Wildman–Crippen LogP) is 6.14. The van der Waals surface area contributed by atoms with Crippen LogP contribution in [0.1, 0.15) is 30.8 Å². The highest BCUT2D eigenvalue weighted by Gasteiger charge is 2.13. The predicted molar refractivity (Wildman–Crippen MR) is 114 cm³/mol. The molecule has 1 heterocycles. The number of benzene rings is 2. The van der Waals surface area contributed by atoms with Crippen LogP contribution in [0.2, 0.25) is 0 Å². The van der Waals surface area contributed by atoms with Crippen LogP contribution >= 0.6 is 0 Å². The van der Waals surface area contributed by atoms with Crippen LogP contribution in [0.4, 0.5) is 0 Å². The molecule has 0 saturated carbocycles. The Morgan fingerprint density at radius 2 is 1.67 bits per heavy atom. The lowest BCUT2D eigenvalue weighted by Crippen LogP contribution is -2.03. The van der Waals surface area contributed by atoms with E-state index in [4.69, 9.17) is 15.0 Å². The molecule has 0 aliphatic carbocycles. The fourth-order valence-corrected chi connectivity index (χ4v) is 2.82. The molecule has 27 heavy (non-hydrogen) atoms. The first-order chi connectivity index (χ1) is 13.1. The van der Waals surface area contributed by atoms with Gasteiger partial charge in [0, 0.05) is 11.1 Å². The summed E-state index contributed by atoms with van der Waals surface area (Å²) >= 11 is 0. The summed E-state index contributed by atoms with van der Waals surface area (Å²) in [6.45, 7) is 9.97. The molecule has 0 bridgehead atoms. The van der Waals surface area contributed by atoms with Crippen molar-refractivity contribution in [3.05, 3.63) is 90.3 Å². The first-order valence-corrected chi connectivity index (χ1v) is 8.98. The molecule has 0 aliphatic rings. The van der Waals surface area contributed by atoms with Gasteiger partial charge in [0.25, 0.3) is 0 Å². The highest BCUT2D eigenvalue weighted by Crippen LogP contribution is 2.26. The molecule has 1 aromatic heterocycles. The lowest BCUT2D eigenvalue weighted by atomic mass is 10.0. The number of hydrogen-bond donors (Lipinski definition) is 0. The molecule has 0 fully saturated rings. The lowest BCUT2D eigenvalue weighted by molar-refractivity contribution is 1.03. The molecule has 0 aliphatic heterocycles. The average Bonchev–Trinajstić information content (AvgIpc) is 2.72. The van der Waals surface area contributed by atoms with Gasteiger partial charge in [0.2, 0.25) is 0 Å². The minimum absolute atomic E-state index is 0.673. The van der Waals surface area contributed by atoms with E-state index < -0.39 is 0 Å². The van der Waals surface area contributed by atoms with Crippen LogP contribution < -0.4 is 0 Å². The van der Waals surface area contributed by atoms with Gasteiger partial charge in [0.1, 0.15) is 0 Å². The molecular formula is C24H23N3. The highest BCUT2D eigenvalue weighted by molar-refractivity contribution is 5.71. The van der Waals surface area contributed by atoms with Gasteiger partial charge in [-0.25, -0.2) is 15.0 Å². The van der Waals surface area contributed by atoms with Crippen LogP contribution in [0.15, 0.2) is 73.3 Å². The van der Waals surface area contributed by atoms with Gasteiger partial charge < -0.3 is 0 Å². The van der Waals surface area contributed by atoms with Gasteiger partial charge in [-0.15, -0.1) is 0 Å². The normalized spacial score (nSPS) is 11.7. The molecule has 3 rings (SSSR count). The van der Waals surface area contributed by atoms with Crippen LogP contribution in [0, 0.1) is 6.92 Å². The van der Waals surface area contributed by atoms with Crippen LogP contribution in [-0.4, -0.2) is 15.0 Å². The Balaban J connectivity index is 2.24. The summed E-state index contributed by atoms with van der Waals surface area (Å²) in [5.41, 5.74) is 5.15.